The fraction of sp³-hybridized carbons (Fsp3) is 0.500. The molecule has 1 heterocycles. The average molecular weight is 265 g/mol. The van der Waals surface area contributed by atoms with Gasteiger partial charge in [0, 0.05) is 26.1 Å². The summed E-state index contributed by atoms with van der Waals surface area (Å²) in [7, 11) is 2.00. The summed E-state index contributed by atoms with van der Waals surface area (Å²) < 4.78 is 5.62. The van der Waals surface area contributed by atoms with E-state index < -0.39 is 0 Å². The maximum absolute atomic E-state index is 9.20. The first kappa shape index (κ1) is 13.2. The smallest absolute Gasteiger partial charge is 0.101 e. The van der Waals surface area contributed by atoms with E-state index in [1.165, 1.54) is 0 Å². The molecule has 0 amide bonds. The van der Waals surface area contributed by atoms with E-state index in [4.69, 9.17) is 16.3 Å². The van der Waals surface area contributed by atoms with Gasteiger partial charge in [0.2, 0.25) is 0 Å². The van der Waals surface area contributed by atoms with Crippen LogP contribution in [0.25, 0.3) is 0 Å². The van der Waals surface area contributed by atoms with E-state index >= 15 is 0 Å². The van der Waals surface area contributed by atoms with E-state index in [2.05, 4.69) is 11.0 Å². The first-order chi connectivity index (χ1) is 8.74. The quantitative estimate of drug-likeness (QED) is 0.785. The van der Waals surface area contributed by atoms with Gasteiger partial charge in [-0.2, -0.15) is 5.26 Å². The summed E-state index contributed by atoms with van der Waals surface area (Å²) in [5.41, 5.74) is 2.60. The summed E-state index contributed by atoms with van der Waals surface area (Å²) in [4.78, 5) is 2.09. The molecule has 96 valence electrons. The molecular formula is C14H17ClN2O. The minimum absolute atomic E-state index is 0.286. The van der Waals surface area contributed by atoms with Crippen molar-refractivity contribution in [3.8, 4) is 6.07 Å². The lowest BCUT2D eigenvalue weighted by molar-refractivity contribution is 0.116. The van der Waals surface area contributed by atoms with Crippen molar-refractivity contribution in [3.05, 3.63) is 29.3 Å². The van der Waals surface area contributed by atoms with Crippen molar-refractivity contribution < 1.29 is 4.74 Å². The number of hydrogen-bond acceptors (Lipinski definition) is 3. The van der Waals surface area contributed by atoms with Crippen LogP contribution in [-0.4, -0.2) is 26.3 Å². The highest BCUT2D eigenvalue weighted by atomic mass is 35.5. The predicted octanol–water partition coefficient (Wildman–Crippen LogP) is 2.91. The summed E-state index contributed by atoms with van der Waals surface area (Å²) in [5, 5.41) is 9.20. The lowest BCUT2D eigenvalue weighted by Crippen LogP contribution is -2.29. The summed E-state index contributed by atoms with van der Waals surface area (Å²) in [6.07, 6.45) is 2.52. The Morgan fingerprint density at radius 3 is 3.00 bits per heavy atom. The van der Waals surface area contributed by atoms with Crippen LogP contribution in [0, 0.1) is 11.3 Å². The van der Waals surface area contributed by atoms with E-state index in [-0.39, 0.29) is 6.10 Å². The molecule has 0 aliphatic carbocycles. The van der Waals surface area contributed by atoms with Gasteiger partial charge in [0.05, 0.1) is 17.4 Å². The van der Waals surface area contributed by atoms with Crippen molar-refractivity contribution in [1.29, 1.82) is 5.26 Å². The van der Waals surface area contributed by atoms with Crippen LogP contribution in [-0.2, 0) is 10.6 Å². The van der Waals surface area contributed by atoms with Gasteiger partial charge in [-0.25, -0.2) is 0 Å². The van der Waals surface area contributed by atoms with Crippen LogP contribution >= 0.6 is 11.6 Å². The zero-order valence-corrected chi connectivity index (χ0v) is 11.3. The Labute approximate surface area is 113 Å². The van der Waals surface area contributed by atoms with Crippen LogP contribution in [0.2, 0.25) is 0 Å². The summed E-state index contributed by atoms with van der Waals surface area (Å²) >= 11 is 5.78. The molecule has 0 radical (unpaired) electrons. The van der Waals surface area contributed by atoms with E-state index in [1.54, 1.807) is 0 Å². The molecule has 3 nitrogen and oxygen atoms in total. The Morgan fingerprint density at radius 1 is 1.56 bits per heavy atom. The fourth-order valence-electron chi connectivity index (χ4n) is 2.28. The molecule has 1 aliphatic rings. The van der Waals surface area contributed by atoms with E-state index in [9.17, 15) is 5.26 Å². The molecule has 1 aliphatic heterocycles. The minimum atomic E-state index is 0.286. The van der Waals surface area contributed by atoms with Crippen LogP contribution in [0.15, 0.2) is 18.2 Å². The lowest BCUT2D eigenvalue weighted by Gasteiger charge is -2.23. The zero-order valence-electron chi connectivity index (χ0n) is 10.5. The molecule has 1 aromatic carbocycles. The Kier molecular flexibility index (Phi) is 4.46. The van der Waals surface area contributed by atoms with Crippen LogP contribution < -0.4 is 4.90 Å². The molecule has 1 atom stereocenters. The van der Waals surface area contributed by atoms with Crippen LogP contribution in [0.4, 0.5) is 5.69 Å². The van der Waals surface area contributed by atoms with Gasteiger partial charge in [-0.1, -0.05) is 6.07 Å². The Balaban J connectivity index is 2.13. The number of hydrogen-bond donors (Lipinski definition) is 0. The first-order valence-electron chi connectivity index (χ1n) is 6.16. The Morgan fingerprint density at radius 2 is 2.39 bits per heavy atom. The number of halogens is 1. The molecule has 18 heavy (non-hydrogen) atoms. The van der Waals surface area contributed by atoms with Crippen molar-refractivity contribution in [3.63, 3.8) is 0 Å². The van der Waals surface area contributed by atoms with Crippen LogP contribution in [0.5, 0.6) is 0 Å². The van der Waals surface area contributed by atoms with Gasteiger partial charge in [0.15, 0.2) is 0 Å². The van der Waals surface area contributed by atoms with Crippen molar-refractivity contribution >= 4 is 17.3 Å². The van der Waals surface area contributed by atoms with Gasteiger partial charge in [-0.15, -0.1) is 11.6 Å². The van der Waals surface area contributed by atoms with Crippen molar-refractivity contribution in [2.45, 2.75) is 24.8 Å². The molecule has 0 bridgehead atoms. The molecule has 0 spiro atoms. The second-order valence-corrected chi connectivity index (χ2v) is 4.88. The monoisotopic (exact) mass is 264 g/mol. The summed E-state index contributed by atoms with van der Waals surface area (Å²) in [6.45, 7) is 1.68. The van der Waals surface area contributed by atoms with Gasteiger partial charge in [0.25, 0.3) is 0 Å². The first-order valence-corrected chi connectivity index (χ1v) is 6.69. The van der Waals surface area contributed by atoms with Gasteiger partial charge in [-0.05, 0) is 30.5 Å². The number of benzene rings is 1. The molecular weight excluding hydrogens is 248 g/mol. The number of nitriles is 1. The van der Waals surface area contributed by atoms with Crippen LogP contribution in [0.1, 0.15) is 24.0 Å². The number of likely N-dealkylation sites (N-methyl/N-ethyl adjacent to an activating group) is 1. The molecule has 1 fully saturated rings. The highest BCUT2D eigenvalue weighted by Gasteiger charge is 2.18. The second-order valence-electron chi connectivity index (χ2n) is 4.61. The van der Waals surface area contributed by atoms with Gasteiger partial charge < -0.3 is 9.64 Å². The molecule has 1 saturated heterocycles. The van der Waals surface area contributed by atoms with E-state index in [0.29, 0.717) is 11.4 Å². The van der Waals surface area contributed by atoms with Crippen LogP contribution in [0.3, 0.4) is 0 Å². The molecule has 0 saturated carbocycles. The fourth-order valence-corrected chi connectivity index (χ4v) is 2.45. The number of nitrogens with zero attached hydrogens (tertiary/aromatic N) is 2. The minimum Gasteiger partial charge on any atom is -0.376 e. The third kappa shape index (κ3) is 2.95. The molecule has 4 heteroatoms. The molecule has 1 unspecified atom stereocenters. The van der Waals surface area contributed by atoms with Gasteiger partial charge in [0.1, 0.15) is 6.07 Å². The van der Waals surface area contributed by atoms with Crippen molar-refractivity contribution in [2.75, 3.05) is 25.1 Å². The zero-order chi connectivity index (χ0) is 13.0. The third-order valence-corrected chi connectivity index (χ3v) is 3.56. The lowest BCUT2D eigenvalue weighted by atomic mass is 10.1. The Bertz CT molecular complexity index is 450. The van der Waals surface area contributed by atoms with Gasteiger partial charge >= 0.3 is 0 Å². The van der Waals surface area contributed by atoms with Gasteiger partial charge in [-0.3, -0.25) is 0 Å². The second kappa shape index (κ2) is 6.08. The highest BCUT2D eigenvalue weighted by Crippen LogP contribution is 2.23. The molecule has 0 N–H and O–H groups in total. The molecule has 0 aromatic heterocycles. The summed E-state index contributed by atoms with van der Waals surface area (Å²) in [5.74, 6) is 0.435. The number of anilines is 1. The SMILES string of the molecule is CN(CC1CCCO1)c1ccc(CCl)cc1C#N. The predicted molar refractivity (Wildman–Crippen MR) is 73.0 cm³/mol. The summed E-state index contributed by atoms with van der Waals surface area (Å²) in [6, 6.07) is 8.02. The maximum atomic E-state index is 9.20. The van der Waals surface area contributed by atoms with E-state index in [0.717, 1.165) is 37.2 Å². The topological polar surface area (TPSA) is 36.3 Å². The van der Waals surface area contributed by atoms with Crippen molar-refractivity contribution in [1.82, 2.24) is 0 Å². The standard InChI is InChI=1S/C14H17ClN2O/c1-17(10-13-3-2-6-18-13)14-5-4-11(8-15)7-12(14)9-16/h4-5,7,13H,2-3,6,8,10H2,1H3. The normalized spacial score (nSPS) is 18.6. The molecule has 1 aromatic rings. The number of alkyl halides is 1. The maximum Gasteiger partial charge on any atom is 0.101 e. The number of ether oxygens (including phenoxy) is 1. The Hall–Kier alpha value is -1.24. The third-order valence-electron chi connectivity index (χ3n) is 3.25. The largest absolute Gasteiger partial charge is 0.376 e. The highest BCUT2D eigenvalue weighted by molar-refractivity contribution is 6.17. The van der Waals surface area contributed by atoms with E-state index in [1.807, 2.05) is 25.2 Å². The number of rotatable bonds is 4. The molecule has 2 rings (SSSR count). The average Bonchev–Trinajstić information content (AvgIpc) is 2.90. The van der Waals surface area contributed by atoms with Crippen molar-refractivity contribution in [2.24, 2.45) is 0 Å².